The summed E-state index contributed by atoms with van der Waals surface area (Å²) in [6.45, 7) is 0.866. The maximum atomic E-state index is 13.8. The minimum atomic E-state index is -1.09. The van der Waals surface area contributed by atoms with Crippen LogP contribution in [0.25, 0.3) is 10.8 Å². The van der Waals surface area contributed by atoms with E-state index in [1.54, 1.807) is 12.1 Å². The molecule has 1 aromatic carbocycles. The number of benzene rings is 1. The predicted molar refractivity (Wildman–Crippen MR) is 89.2 cm³/mol. The molecule has 2 aromatic rings. The Morgan fingerprint density at radius 2 is 2.32 bits per heavy atom. The molecule has 1 N–H and O–H groups in total. The lowest BCUT2D eigenvalue weighted by molar-refractivity contribution is 0.183. The fraction of sp³-hybridized carbons (Fsp3) is 0.286. The molecular formula is C14H11ClFIN2O3. The van der Waals surface area contributed by atoms with Crippen LogP contribution in [-0.2, 0) is 4.74 Å². The molecule has 0 spiro atoms. The van der Waals surface area contributed by atoms with Gasteiger partial charge in [-0.25, -0.2) is 14.2 Å². The molecule has 0 aliphatic carbocycles. The first-order valence-electron chi connectivity index (χ1n) is 6.52. The molecular weight excluding hydrogens is 426 g/mol. The number of aromatic nitrogens is 1. The van der Waals surface area contributed by atoms with E-state index in [1.807, 2.05) is 22.6 Å². The first-order valence-corrected chi connectivity index (χ1v) is 7.98. The van der Waals surface area contributed by atoms with Gasteiger partial charge in [-0.15, -0.1) is 0 Å². The van der Waals surface area contributed by atoms with E-state index in [-0.39, 0.29) is 16.9 Å². The Labute approximate surface area is 144 Å². The number of hydrogen-bond donors (Lipinski definition) is 1. The van der Waals surface area contributed by atoms with E-state index in [9.17, 15) is 14.3 Å². The Morgan fingerprint density at radius 3 is 2.95 bits per heavy atom. The van der Waals surface area contributed by atoms with Gasteiger partial charge in [0, 0.05) is 18.2 Å². The average Bonchev–Trinajstić information content (AvgIpc) is 2.98. The van der Waals surface area contributed by atoms with Gasteiger partial charge in [-0.05, 0) is 46.5 Å². The fourth-order valence-electron chi connectivity index (χ4n) is 2.48. The minimum Gasteiger partial charge on any atom is -0.465 e. The molecule has 1 aliphatic heterocycles. The lowest BCUT2D eigenvalue weighted by Gasteiger charge is -2.24. The average molecular weight is 437 g/mol. The number of pyridine rings is 1. The van der Waals surface area contributed by atoms with E-state index >= 15 is 0 Å². The van der Waals surface area contributed by atoms with Crippen molar-refractivity contribution in [3.8, 4) is 0 Å². The normalized spacial score (nSPS) is 17.9. The standard InChI is InChI=1S/C14H11ClFIN2O3/c15-12-9-5-18-11(4-7(9)3-10(17)13(12)16)19(14(20)21)8-1-2-22-6-8/h3-5,8H,1-2,6H2,(H,20,21)/t8-/m1/s1. The van der Waals surface area contributed by atoms with Gasteiger partial charge in [0.05, 0.1) is 21.2 Å². The van der Waals surface area contributed by atoms with Gasteiger partial charge in [0.25, 0.3) is 0 Å². The van der Waals surface area contributed by atoms with E-state index in [0.29, 0.717) is 34.0 Å². The molecule has 1 aliphatic rings. The number of anilines is 1. The summed E-state index contributed by atoms with van der Waals surface area (Å²) in [5.74, 6) is -0.211. The second kappa shape index (κ2) is 6.13. The summed E-state index contributed by atoms with van der Waals surface area (Å²) in [6, 6.07) is 2.96. The van der Waals surface area contributed by atoms with Gasteiger partial charge in [-0.3, -0.25) is 4.90 Å². The van der Waals surface area contributed by atoms with Crippen LogP contribution in [0.4, 0.5) is 15.0 Å². The molecule has 1 amide bonds. The minimum absolute atomic E-state index is 0.00738. The van der Waals surface area contributed by atoms with E-state index in [4.69, 9.17) is 16.3 Å². The highest BCUT2D eigenvalue weighted by atomic mass is 127. The summed E-state index contributed by atoms with van der Waals surface area (Å²) in [5, 5.41) is 10.5. The Hall–Kier alpha value is -1.19. The van der Waals surface area contributed by atoms with Crippen molar-refractivity contribution in [3.63, 3.8) is 0 Å². The molecule has 1 aromatic heterocycles. The zero-order valence-corrected chi connectivity index (χ0v) is 14.1. The molecule has 116 valence electrons. The second-order valence-electron chi connectivity index (χ2n) is 4.92. The molecule has 0 bridgehead atoms. The van der Waals surface area contributed by atoms with Crippen LogP contribution in [-0.4, -0.2) is 35.4 Å². The summed E-state index contributed by atoms with van der Waals surface area (Å²) in [6.07, 6.45) is 0.927. The van der Waals surface area contributed by atoms with E-state index in [0.717, 1.165) is 0 Å². The molecule has 3 rings (SSSR count). The maximum absolute atomic E-state index is 13.8. The summed E-state index contributed by atoms with van der Waals surface area (Å²) >= 11 is 7.83. The molecule has 22 heavy (non-hydrogen) atoms. The number of ether oxygens (including phenoxy) is 1. The topological polar surface area (TPSA) is 62.7 Å². The number of amides is 1. The zero-order chi connectivity index (χ0) is 15.9. The largest absolute Gasteiger partial charge is 0.465 e. The summed E-state index contributed by atoms with van der Waals surface area (Å²) in [7, 11) is 0. The maximum Gasteiger partial charge on any atom is 0.413 e. The zero-order valence-electron chi connectivity index (χ0n) is 11.2. The molecule has 1 fully saturated rings. The molecule has 2 heterocycles. The Kier molecular flexibility index (Phi) is 4.37. The summed E-state index contributed by atoms with van der Waals surface area (Å²) in [4.78, 5) is 16.9. The second-order valence-corrected chi connectivity index (χ2v) is 6.46. The third kappa shape index (κ3) is 2.72. The van der Waals surface area contributed by atoms with Crippen molar-refractivity contribution in [3.05, 3.63) is 32.7 Å². The SMILES string of the molecule is O=C(O)N(c1cc2cc(I)c(F)c(Cl)c2cn1)[C@@H]1CCOC1. The van der Waals surface area contributed by atoms with E-state index < -0.39 is 11.9 Å². The van der Waals surface area contributed by atoms with Gasteiger partial charge in [-0.2, -0.15) is 0 Å². The molecule has 8 heteroatoms. The van der Waals surface area contributed by atoms with Crippen molar-refractivity contribution in [1.82, 2.24) is 4.98 Å². The van der Waals surface area contributed by atoms with Crippen LogP contribution in [0, 0.1) is 9.39 Å². The molecule has 5 nitrogen and oxygen atoms in total. The first kappa shape index (κ1) is 15.7. The van der Waals surface area contributed by atoms with Crippen molar-refractivity contribution in [1.29, 1.82) is 0 Å². The predicted octanol–water partition coefficient (Wildman–Crippen LogP) is 3.91. The quantitative estimate of drug-likeness (QED) is 0.573. The monoisotopic (exact) mass is 436 g/mol. The fourth-order valence-corrected chi connectivity index (χ4v) is 3.51. The highest BCUT2D eigenvalue weighted by Gasteiger charge is 2.29. The van der Waals surface area contributed by atoms with Gasteiger partial charge in [-0.1, -0.05) is 11.6 Å². The lowest BCUT2D eigenvalue weighted by atomic mass is 10.1. The highest BCUT2D eigenvalue weighted by Crippen LogP contribution is 2.32. The molecule has 1 atom stereocenters. The smallest absolute Gasteiger partial charge is 0.413 e. The van der Waals surface area contributed by atoms with Crippen molar-refractivity contribution in [2.75, 3.05) is 18.1 Å². The van der Waals surface area contributed by atoms with E-state index in [1.165, 1.54) is 11.1 Å². The molecule has 0 unspecified atom stereocenters. The van der Waals surface area contributed by atoms with Gasteiger partial charge in [0.2, 0.25) is 0 Å². The lowest BCUT2D eigenvalue weighted by Crippen LogP contribution is -2.40. The van der Waals surface area contributed by atoms with Crippen LogP contribution in [0.15, 0.2) is 18.3 Å². The molecule has 0 saturated carbocycles. The van der Waals surface area contributed by atoms with Crippen LogP contribution in [0.5, 0.6) is 0 Å². The molecule has 0 radical (unpaired) electrons. The van der Waals surface area contributed by atoms with Gasteiger partial charge >= 0.3 is 6.09 Å². The van der Waals surface area contributed by atoms with Crippen molar-refractivity contribution < 1.29 is 19.0 Å². The Bertz CT molecular complexity index is 752. The number of nitrogens with zero attached hydrogens (tertiary/aromatic N) is 2. The number of carboxylic acid groups (broad SMARTS) is 1. The van der Waals surface area contributed by atoms with Crippen LogP contribution in [0.2, 0.25) is 5.02 Å². The first-order chi connectivity index (χ1) is 10.5. The van der Waals surface area contributed by atoms with Crippen molar-refractivity contribution in [2.24, 2.45) is 0 Å². The van der Waals surface area contributed by atoms with Gasteiger partial charge < -0.3 is 9.84 Å². The molecule has 1 saturated heterocycles. The van der Waals surface area contributed by atoms with Crippen LogP contribution >= 0.6 is 34.2 Å². The van der Waals surface area contributed by atoms with Crippen LogP contribution < -0.4 is 4.90 Å². The number of rotatable bonds is 2. The third-order valence-corrected chi connectivity index (χ3v) is 4.72. The van der Waals surface area contributed by atoms with Crippen LogP contribution in [0.1, 0.15) is 6.42 Å². The number of fused-ring (bicyclic) bond motifs is 1. The van der Waals surface area contributed by atoms with E-state index in [2.05, 4.69) is 4.98 Å². The summed E-state index contributed by atoms with van der Waals surface area (Å²) < 4.78 is 19.4. The highest BCUT2D eigenvalue weighted by molar-refractivity contribution is 14.1. The van der Waals surface area contributed by atoms with Crippen LogP contribution in [0.3, 0.4) is 0 Å². The number of halogens is 3. The Balaban J connectivity index is 2.10. The third-order valence-electron chi connectivity index (χ3n) is 3.57. The Morgan fingerprint density at radius 1 is 1.55 bits per heavy atom. The van der Waals surface area contributed by atoms with Crippen molar-refractivity contribution in [2.45, 2.75) is 12.5 Å². The van der Waals surface area contributed by atoms with Gasteiger partial charge in [0.1, 0.15) is 5.82 Å². The number of carbonyl (C=O) groups is 1. The number of hydrogen-bond acceptors (Lipinski definition) is 3. The van der Waals surface area contributed by atoms with Gasteiger partial charge in [0.15, 0.2) is 5.82 Å². The summed E-state index contributed by atoms with van der Waals surface area (Å²) in [5.41, 5.74) is 0. The van der Waals surface area contributed by atoms with Crippen molar-refractivity contribution >= 4 is 56.9 Å².